The molecule has 2 aliphatic rings. The molecule has 1 fully saturated rings. The van der Waals surface area contributed by atoms with Gasteiger partial charge in [-0.05, 0) is 75.8 Å². The van der Waals surface area contributed by atoms with Gasteiger partial charge in [-0.1, -0.05) is 24.3 Å². The molecule has 2 heterocycles. The van der Waals surface area contributed by atoms with Crippen LogP contribution in [0.5, 0.6) is 0 Å². The summed E-state index contributed by atoms with van der Waals surface area (Å²) in [5.41, 5.74) is 2.62. The summed E-state index contributed by atoms with van der Waals surface area (Å²) in [6.45, 7) is 5.91. The molecule has 42 heavy (non-hydrogen) atoms. The summed E-state index contributed by atoms with van der Waals surface area (Å²) in [5.74, 6) is -0.996. The maximum Gasteiger partial charge on any atom is 0.435 e. The number of methoxy groups -OCH3 is 1. The maximum absolute atomic E-state index is 13.3. The number of anilines is 1. The van der Waals surface area contributed by atoms with E-state index in [-0.39, 0.29) is 30.3 Å². The lowest BCUT2D eigenvalue weighted by Gasteiger charge is -2.39. The van der Waals surface area contributed by atoms with Crippen LogP contribution in [-0.4, -0.2) is 63.5 Å². The van der Waals surface area contributed by atoms with Crippen LogP contribution in [-0.2, 0) is 32.0 Å². The molecule has 1 unspecified atom stereocenters. The Bertz CT molecular complexity index is 1500. The zero-order chi connectivity index (χ0) is 30.0. The van der Waals surface area contributed by atoms with Crippen molar-refractivity contribution in [3.05, 3.63) is 59.8 Å². The standard InChI is InChI=1S/C31H37N5O6/c1-31(2,3)42-30(40)36-26-14-9-19(15-22(26)17-32-36)16-25(28(38)41-4)33-27(37)20-10-12-23(13-11-20)35-18-21-7-5-6-8-24(21)34-29(35)39/h5-9,14-15,17,20,23,25H,10-13,16,18H2,1-4H3,(H,33,37)(H,34,39). The van der Waals surface area contributed by atoms with Gasteiger partial charge >= 0.3 is 18.1 Å². The fraction of sp³-hybridized carbons (Fsp3) is 0.452. The minimum atomic E-state index is -0.872. The Balaban J connectivity index is 1.20. The highest BCUT2D eigenvalue weighted by Gasteiger charge is 2.35. The first-order valence-corrected chi connectivity index (χ1v) is 14.3. The van der Waals surface area contributed by atoms with Crippen LogP contribution in [0.3, 0.4) is 0 Å². The molecule has 0 spiro atoms. The van der Waals surface area contributed by atoms with E-state index in [0.29, 0.717) is 43.1 Å². The number of para-hydroxylation sites is 1. The molecule has 3 amide bonds. The lowest BCUT2D eigenvalue weighted by Crippen LogP contribution is -2.49. The zero-order valence-corrected chi connectivity index (χ0v) is 24.4. The van der Waals surface area contributed by atoms with Crippen molar-refractivity contribution in [2.75, 3.05) is 12.4 Å². The first kappa shape index (κ1) is 29.1. The summed E-state index contributed by atoms with van der Waals surface area (Å²) >= 11 is 0. The quantitative estimate of drug-likeness (QED) is 0.410. The molecule has 11 heteroatoms. The molecule has 0 radical (unpaired) electrons. The van der Waals surface area contributed by atoms with Gasteiger partial charge in [0.15, 0.2) is 0 Å². The number of hydrogen-bond acceptors (Lipinski definition) is 7. The van der Waals surface area contributed by atoms with E-state index in [1.54, 1.807) is 39.1 Å². The highest BCUT2D eigenvalue weighted by molar-refractivity contribution is 5.92. The van der Waals surface area contributed by atoms with Crippen molar-refractivity contribution in [2.45, 2.75) is 77.1 Å². The topological polar surface area (TPSA) is 132 Å². The Morgan fingerprint density at radius 3 is 2.55 bits per heavy atom. The molecule has 5 rings (SSSR count). The largest absolute Gasteiger partial charge is 0.467 e. The van der Waals surface area contributed by atoms with Gasteiger partial charge in [0.2, 0.25) is 5.91 Å². The van der Waals surface area contributed by atoms with E-state index in [9.17, 15) is 19.2 Å². The number of carbonyl (C=O) groups excluding carboxylic acids is 4. The fourth-order valence-corrected chi connectivity index (χ4v) is 5.69. The van der Waals surface area contributed by atoms with Crippen LogP contribution in [0.2, 0.25) is 0 Å². The highest BCUT2D eigenvalue weighted by atomic mass is 16.6. The van der Waals surface area contributed by atoms with Gasteiger partial charge in [0.1, 0.15) is 11.6 Å². The lowest BCUT2D eigenvalue weighted by molar-refractivity contribution is -0.145. The maximum atomic E-state index is 13.3. The minimum Gasteiger partial charge on any atom is -0.467 e. The molecule has 1 aliphatic carbocycles. The number of benzene rings is 2. The number of carbonyl (C=O) groups is 4. The van der Waals surface area contributed by atoms with Gasteiger partial charge in [-0.15, -0.1) is 0 Å². The van der Waals surface area contributed by atoms with Crippen molar-refractivity contribution in [2.24, 2.45) is 5.92 Å². The lowest BCUT2D eigenvalue weighted by atomic mass is 9.84. The molecule has 11 nitrogen and oxygen atoms in total. The Morgan fingerprint density at radius 2 is 1.83 bits per heavy atom. The Labute approximate surface area is 244 Å². The number of ether oxygens (including phenoxy) is 2. The number of amides is 3. The molecule has 1 aliphatic heterocycles. The molecule has 0 saturated heterocycles. The molecular weight excluding hydrogens is 538 g/mol. The molecule has 2 aromatic carbocycles. The van der Waals surface area contributed by atoms with Gasteiger partial charge < -0.3 is 25.0 Å². The number of fused-ring (bicyclic) bond motifs is 2. The predicted molar refractivity (Wildman–Crippen MR) is 156 cm³/mol. The zero-order valence-electron chi connectivity index (χ0n) is 24.4. The second-order valence-electron chi connectivity index (χ2n) is 11.9. The molecule has 0 bridgehead atoms. The van der Waals surface area contributed by atoms with Crippen molar-refractivity contribution in [1.29, 1.82) is 0 Å². The van der Waals surface area contributed by atoms with Gasteiger partial charge in [-0.2, -0.15) is 9.78 Å². The van der Waals surface area contributed by atoms with E-state index >= 15 is 0 Å². The first-order chi connectivity index (χ1) is 20.0. The van der Waals surface area contributed by atoms with Crippen molar-refractivity contribution < 1.29 is 28.7 Å². The van der Waals surface area contributed by atoms with Crippen molar-refractivity contribution in [1.82, 2.24) is 20.0 Å². The van der Waals surface area contributed by atoms with Gasteiger partial charge in [0, 0.05) is 36.0 Å². The SMILES string of the molecule is COC(=O)C(Cc1ccc2c(cnn2C(=O)OC(C)(C)C)c1)NC(=O)C1CCC(N2Cc3ccccc3NC2=O)CC1. The number of hydrogen-bond donors (Lipinski definition) is 2. The number of rotatable bonds is 6. The van der Waals surface area contributed by atoms with Crippen LogP contribution in [0, 0.1) is 5.92 Å². The van der Waals surface area contributed by atoms with Crippen molar-refractivity contribution in [3.63, 3.8) is 0 Å². The number of nitrogens with zero attached hydrogens (tertiary/aromatic N) is 3. The Hall–Kier alpha value is -4.41. The van der Waals surface area contributed by atoms with Gasteiger partial charge in [-0.25, -0.2) is 14.4 Å². The molecule has 3 aromatic rings. The third-order valence-electron chi connectivity index (χ3n) is 7.81. The van der Waals surface area contributed by atoms with E-state index in [2.05, 4.69) is 15.7 Å². The summed E-state index contributed by atoms with van der Waals surface area (Å²) in [7, 11) is 1.29. The second-order valence-corrected chi connectivity index (χ2v) is 11.9. The smallest absolute Gasteiger partial charge is 0.435 e. The van der Waals surface area contributed by atoms with Gasteiger partial charge in [0.05, 0.1) is 18.8 Å². The molecule has 1 saturated carbocycles. The first-order valence-electron chi connectivity index (χ1n) is 14.3. The highest BCUT2D eigenvalue weighted by Crippen LogP contribution is 2.32. The monoisotopic (exact) mass is 575 g/mol. The van der Waals surface area contributed by atoms with E-state index in [4.69, 9.17) is 9.47 Å². The number of aromatic nitrogens is 2. The summed E-state index contributed by atoms with van der Waals surface area (Å²) in [4.78, 5) is 53.0. The van der Waals surface area contributed by atoms with Crippen LogP contribution < -0.4 is 10.6 Å². The van der Waals surface area contributed by atoms with Crippen LogP contribution in [0.25, 0.3) is 10.9 Å². The van der Waals surface area contributed by atoms with Gasteiger partial charge in [0.25, 0.3) is 0 Å². The Kier molecular flexibility index (Phi) is 8.20. The fourth-order valence-electron chi connectivity index (χ4n) is 5.69. The van der Waals surface area contributed by atoms with Crippen LogP contribution in [0.1, 0.15) is 57.6 Å². The number of esters is 1. The average Bonchev–Trinajstić information content (AvgIpc) is 3.39. The molecule has 1 atom stereocenters. The minimum absolute atomic E-state index is 0.0483. The predicted octanol–water partition coefficient (Wildman–Crippen LogP) is 4.63. The molecule has 1 aromatic heterocycles. The molecule has 2 N–H and O–H groups in total. The normalized spacial score (nSPS) is 19.4. The molecular formula is C31H37N5O6. The van der Waals surface area contributed by atoms with Crippen molar-refractivity contribution >= 4 is 40.6 Å². The van der Waals surface area contributed by atoms with Gasteiger partial charge in [-0.3, -0.25) is 4.79 Å². The summed E-state index contributed by atoms with van der Waals surface area (Å²) in [6.07, 6.45) is 3.84. The average molecular weight is 576 g/mol. The van der Waals surface area contributed by atoms with Crippen molar-refractivity contribution in [3.8, 4) is 0 Å². The summed E-state index contributed by atoms with van der Waals surface area (Å²) in [5, 5.41) is 10.7. The van der Waals surface area contributed by atoms with Crippen LogP contribution in [0.4, 0.5) is 15.3 Å². The van der Waals surface area contributed by atoms with E-state index in [1.807, 2.05) is 35.2 Å². The third-order valence-corrected chi connectivity index (χ3v) is 7.81. The number of urea groups is 1. The van der Waals surface area contributed by atoms with Crippen LogP contribution in [0.15, 0.2) is 48.7 Å². The van der Waals surface area contributed by atoms with Crippen LogP contribution >= 0.6 is 0 Å². The third kappa shape index (κ3) is 6.40. The van der Waals surface area contributed by atoms with E-state index in [0.717, 1.165) is 16.8 Å². The second kappa shape index (κ2) is 11.8. The van der Waals surface area contributed by atoms with E-state index < -0.39 is 23.7 Å². The van der Waals surface area contributed by atoms with E-state index in [1.165, 1.54) is 11.8 Å². The molecule has 222 valence electrons. The summed E-state index contributed by atoms with van der Waals surface area (Å²) < 4.78 is 11.6. The number of nitrogens with one attached hydrogen (secondary N) is 2. The Morgan fingerprint density at radius 1 is 1.10 bits per heavy atom. The summed E-state index contributed by atoms with van der Waals surface area (Å²) in [6, 6.07) is 12.2.